The van der Waals surface area contributed by atoms with Crippen molar-refractivity contribution in [3.8, 4) is 22.9 Å². The van der Waals surface area contributed by atoms with E-state index in [0.29, 0.717) is 11.8 Å². The maximum Gasteiger partial charge on any atom is 0.250 e. The zero-order valence-electron chi connectivity index (χ0n) is 12.9. The Morgan fingerprint density at radius 3 is 2.39 bits per heavy atom. The molecule has 2 aromatic carbocycles. The molecule has 0 saturated heterocycles. The molecule has 4 nitrogen and oxygen atoms in total. The van der Waals surface area contributed by atoms with Gasteiger partial charge in [0, 0.05) is 10.9 Å². The third-order valence-corrected chi connectivity index (χ3v) is 3.87. The Hall–Kier alpha value is -3.01. The van der Waals surface area contributed by atoms with Crippen LogP contribution in [0.3, 0.4) is 0 Å². The van der Waals surface area contributed by atoms with Crippen molar-refractivity contribution in [3.63, 3.8) is 0 Å². The topological polar surface area (TPSA) is 51.8 Å². The molecule has 0 amide bonds. The van der Waals surface area contributed by atoms with E-state index in [1.54, 1.807) is 0 Å². The van der Waals surface area contributed by atoms with Gasteiger partial charge in [0.2, 0.25) is 11.8 Å². The summed E-state index contributed by atoms with van der Waals surface area (Å²) in [5, 5.41) is 9.42. The Labute approximate surface area is 133 Å². The molecule has 0 N–H and O–H groups in total. The molecule has 4 rings (SSSR count). The van der Waals surface area contributed by atoms with Crippen LogP contribution >= 0.6 is 0 Å². The van der Waals surface area contributed by atoms with Crippen LogP contribution in [0.5, 0.6) is 0 Å². The van der Waals surface area contributed by atoms with Gasteiger partial charge in [0.15, 0.2) is 0 Å². The second-order valence-electron chi connectivity index (χ2n) is 5.59. The summed E-state index contributed by atoms with van der Waals surface area (Å²) in [4.78, 5) is 4.62. The molecule has 0 aliphatic carbocycles. The number of pyridine rings is 1. The molecular formula is C19H15N3O. The summed E-state index contributed by atoms with van der Waals surface area (Å²) in [5.41, 5.74) is 4.83. The lowest BCUT2D eigenvalue weighted by Gasteiger charge is -2.03. The number of aromatic nitrogens is 3. The van der Waals surface area contributed by atoms with Gasteiger partial charge in [-0.2, -0.15) is 0 Å². The van der Waals surface area contributed by atoms with E-state index < -0.39 is 0 Å². The van der Waals surface area contributed by atoms with Crippen molar-refractivity contribution >= 4 is 10.9 Å². The van der Waals surface area contributed by atoms with Crippen LogP contribution in [0.1, 0.15) is 11.3 Å². The predicted octanol–water partition coefficient (Wildman–Crippen LogP) is 4.57. The van der Waals surface area contributed by atoms with Crippen LogP contribution in [0.2, 0.25) is 0 Å². The first-order chi connectivity index (χ1) is 11.2. The van der Waals surface area contributed by atoms with Crippen molar-refractivity contribution in [2.45, 2.75) is 13.8 Å². The zero-order valence-corrected chi connectivity index (χ0v) is 12.9. The predicted molar refractivity (Wildman–Crippen MR) is 89.9 cm³/mol. The lowest BCUT2D eigenvalue weighted by Crippen LogP contribution is -1.89. The van der Waals surface area contributed by atoms with Crippen LogP contribution in [0.25, 0.3) is 33.8 Å². The van der Waals surface area contributed by atoms with Gasteiger partial charge in [0.25, 0.3) is 0 Å². The summed E-state index contributed by atoms with van der Waals surface area (Å²) >= 11 is 0. The number of nitrogens with zero attached hydrogens (tertiary/aromatic N) is 3. The molecule has 0 radical (unpaired) electrons. The molecule has 0 atom stereocenters. The SMILES string of the molecule is Cc1ccc(-c2nnc(-c3cc4ccccc4nc3C)o2)cc1. The number of para-hydroxylation sites is 1. The molecule has 2 heterocycles. The maximum atomic E-state index is 5.86. The minimum absolute atomic E-state index is 0.497. The third-order valence-electron chi connectivity index (χ3n) is 3.87. The number of benzene rings is 2. The molecular weight excluding hydrogens is 286 g/mol. The molecule has 4 heteroatoms. The first-order valence-electron chi connectivity index (χ1n) is 7.48. The lowest BCUT2D eigenvalue weighted by molar-refractivity contribution is 0.584. The third kappa shape index (κ3) is 2.48. The fourth-order valence-corrected chi connectivity index (χ4v) is 2.57. The lowest BCUT2D eigenvalue weighted by atomic mass is 10.1. The van der Waals surface area contributed by atoms with E-state index in [4.69, 9.17) is 4.42 Å². The summed E-state index contributed by atoms with van der Waals surface area (Å²) in [5.74, 6) is 1.02. The van der Waals surface area contributed by atoms with E-state index >= 15 is 0 Å². The van der Waals surface area contributed by atoms with Crippen LogP contribution in [0.4, 0.5) is 0 Å². The van der Waals surface area contributed by atoms with Crippen molar-refractivity contribution in [2.24, 2.45) is 0 Å². The molecule has 0 bridgehead atoms. The second-order valence-corrected chi connectivity index (χ2v) is 5.59. The number of fused-ring (bicyclic) bond motifs is 1. The van der Waals surface area contributed by atoms with Crippen LogP contribution < -0.4 is 0 Å². The molecule has 0 fully saturated rings. The van der Waals surface area contributed by atoms with Gasteiger partial charge in [-0.05, 0) is 38.1 Å². The first kappa shape index (κ1) is 13.6. The Balaban J connectivity index is 1.79. The molecule has 112 valence electrons. The minimum atomic E-state index is 0.497. The monoisotopic (exact) mass is 301 g/mol. The van der Waals surface area contributed by atoms with E-state index in [2.05, 4.69) is 15.2 Å². The van der Waals surface area contributed by atoms with Crippen LogP contribution in [0.15, 0.2) is 59.0 Å². The van der Waals surface area contributed by atoms with E-state index in [1.807, 2.05) is 68.4 Å². The Morgan fingerprint density at radius 1 is 0.826 bits per heavy atom. The van der Waals surface area contributed by atoms with Crippen molar-refractivity contribution in [2.75, 3.05) is 0 Å². The van der Waals surface area contributed by atoms with Crippen LogP contribution in [-0.4, -0.2) is 15.2 Å². The Kier molecular flexibility index (Phi) is 3.15. The fraction of sp³-hybridized carbons (Fsp3) is 0.105. The highest BCUT2D eigenvalue weighted by atomic mass is 16.4. The largest absolute Gasteiger partial charge is 0.416 e. The average Bonchev–Trinajstić information content (AvgIpc) is 3.04. The average molecular weight is 301 g/mol. The highest BCUT2D eigenvalue weighted by Crippen LogP contribution is 2.28. The van der Waals surface area contributed by atoms with Gasteiger partial charge in [0.1, 0.15) is 0 Å². The van der Waals surface area contributed by atoms with Crippen LogP contribution in [-0.2, 0) is 0 Å². The molecule has 4 aromatic rings. The Morgan fingerprint density at radius 2 is 1.57 bits per heavy atom. The van der Waals surface area contributed by atoms with Gasteiger partial charge in [0.05, 0.1) is 16.8 Å². The molecule has 0 saturated carbocycles. The van der Waals surface area contributed by atoms with Crippen molar-refractivity contribution < 1.29 is 4.42 Å². The highest BCUT2D eigenvalue weighted by molar-refractivity contribution is 5.83. The number of hydrogen-bond donors (Lipinski definition) is 0. The van der Waals surface area contributed by atoms with Crippen molar-refractivity contribution in [1.82, 2.24) is 15.2 Å². The molecule has 23 heavy (non-hydrogen) atoms. The van der Waals surface area contributed by atoms with Gasteiger partial charge in [-0.3, -0.25) is 4.98 Å². The summed E-state index contributed by atoms with van der Waals surface area (Å²) in [6.45, 7) is 4.00. The van der Waals surface area contributed by atoms with Gasteiger partial charge in [-0.15, -0.1) is 10.2 Å². The summed E-state index contributed by atoms with van der Waals surface area (Å²) in [6, 6.07) is 18.1. The summed E-state index contributed by atoms with van der Waals surface area (Å²) < 4.78 is 5.86. The summed E-state index contributed by atoms with van der Waals surface area (Å²) in [6.07, 6.45) is 0. The molecule has 0 spiro atoms. The van der Waals surface area contributed by atoms with E-state index in [-0.39, 0.29) is 0 Å². The fourth-order valence-electron chi connectivity index (χ4n) is 2.57. The highest BCUT2D eigenvalue weighted by Gasteiger charge is 2.14. The van der Waals surface area contributed by atoms with Crippen molar-refractivity contribution in [3.05, 3.63) is 65.9 Å². The number of hydrogen-bond acceptors (Lipinski definition) is 4. The van der Waals surface area contributed by atoms with Gasteiger partial charge in [-0.25, -0.2) is 0 Å². The summed E-state index contributed by atoms with van der Waals surface area (Å²) in [7, 11) is 0. The van der Waals surface area contributed by atoms with Gasteiger partial charge < -0.3 is 4.42 Å². The zero-order chi connectivity index (χ0) is 15.8. The molecule has 0 aliphatic rings. The first-order valence-corrected chi connectivity index (χ1v) is 7.48. The normalized spacial score (nSPS) is 11.0. The van der Waals surface area contributed by atoms with E-state index in [0.717, 1.165) is 27.7 Å². The van der Waals surface area contributed by atoms with Gasteiger partial charge >= 0.3 is 0 Å². The molecule has 2 aromatic heterocycles. The quantitative estimate of drug-likeness (QED) is 0.544. The Bertz CT molecular complexity index is 987. The second kappa shape index (κ2) is 5.32. The van der Waals surface area contributed by atoms with E-state index in [1.165, 1.54) is 5.56 Å². The van der Waals surface area contributed by atoms with Gasteiger partial charge in [-0.1, -0.05) is 35.9 Å². The maximum absolute atomic E-state index is 5.86. The minimum Gasteiger partial charge on any atom is -0.416 e. The molecule has 0 aliphatic heterocycles. The van der Waals surface area contributed by atoms with Crippen LogP contribution in [0, 0.1) is 13.8 Å². The van der Waals surface area contributed by atoms with E-state index in [9.17, 15) is 0 Å². The number of aryl methyl sites for hydroxylation is 2. The smallest absolute Gasteiger partial charge is 0.250 e. The standard InChI is InChI=1S/C19H15N3O/c1-12-7-9-14(10-8-12)18-21-22-19(23-18)16-11-15-5-3-4-6-17(15)20-13(16)2/h3-11H,1-2H3. The molecule has 0 unspecified atom stereocenters. The number of rotatable bonds is 2. The van der Waals surface area contributed by atoms with Crippen molar-refractivity contribution in [1.29, 1.82) is 0 Å².